The van der Waals surface area contributed by atoms with E-state index in [0.717, 1.165) is 17.8 Å². The van der Waals surface area contributed by atoms with Gasteiger partial charge in [-0.05, 0) is 0 Å². The van der Waals surface area contributed by atoms with E-state index >= 15 is 0 Å². The maximum atomic E-state index is 4.93. The molecule has 0 aliphatic carbocycles. The van der Waals surface area contributed by atoms with E-state index in [0.29, 0.717) is 0 Å². The summed E-state index contributed by atoms with van der Waals surface area (Å²) >= 11 is -6.51. The standard InChI is InChI=1S/C21H48Ge3N6/c1-10-22(11-2,12-3)28-19-25-20(29-23(13-4,14-5)15-6)27-21(26-19)30-24(16-7,17-8)18-9/h10-18H2,1-9H3,(H3,25,26,27,28,29,30). The molecule has 0 aromatic carbocycles. The zero-order chi connectivity index (χ0) is 22.8. The molecule has 0 bridgehead atoms. The summed E-state index contributed by atoms with van der Waals surface area (Å²) in [5, 5.41) is 11.2. The Hall–Kier alpha value is 0.0386. The quantitative estimate of drug-likeness (QED) is 0.186. The fraction of sp³-hybridized carbons (Fsp3) is 0.857. The Bertz CT molecular complexity index is 508. The van der Waals surface area contributed by atoms with Crippen LogP contribution in [0.2, 0.25) is 47.3 Å². The Labute approximate surface area is 194 Å². The van der Waals surface area contributed by atoms with Crippen molar-refractivity contribution < 1.29 is 0 Å². The van der Waals surface area contributed by atoms with Crippen molar-refractivity contribution in [1.29, 1.82) is 0 Å². The summed E-state index contributed by atoms with van der Waals surface area (Å²) in [6.07, 6.45) is 0. The number of hydrogen-bond donors (Lipinski definition) is 3. The molecule has 6 nitrogen and oxygen atoms in total. The summed E-state index contributed by atoms with van der Waals surface area (Å²) in [5.74, 6) is 2.42. The van der Waals surface area contributed by atoms with E-state index in [2.05, 4.69) is 75.1 Å². The van der Waals surface area contributed by atoms with E-state index in [-0.39, 0.29) is 0 Å². The van der Waals surface area contributed by atoms with Gasteiger partial charge in [0.2, 0.25) is 0 Å². The third kappa shape index (κ3) is 7.02. The van der Waals surface area contributed by atoms with Crippen LogP contribution in [0, 0.1) is 0 Å². The second-order valence-corrected chi connectivity index (χ2v) is 39.7. The molecule has 1 aromatic rings. The van der Waals surface area contributed by atoms with Gasteiger partial charge in [-0.25, -0.2) is 0 Å². The Kier molecular flexibility index (Phi) is 12.1. The first-order valence-corrected chi connectivity index (χ1v) is 28.9. The summed E-state index contributed by atoms with van der Waals surface area (Å²) in [6.45, 7) is 21.0. The van der Waals surface area contributed by atoms with Crippen molar-refractivity contribution in [3.8, 4) is 0 Å². The van der Waals surface area contributed by atoms with E-state index in [1.807, 2.05) is 0 Å². The number of aromatic nitrogens is 3. The monoisotopic (exact) mass is 606 g/mol. The second-order valence-electron chi connectivity index (χ2n) is 8.70. The Morgan fingerprint density at radius 2 is 0.567 bits per heavy atom. The molecule has 0 saturated carbocycles. The van der Waals surface area contributed by atoms with Crippen LogP contribution in [0.5, 0.6) is 0 Å². The predicted molar refractivity (Wildman–Crippen MR) is 142 cm³/mol. The van der Waals surface area contributed by atoms with Crippen molar-refractivity contribution in [2.75, 3.05) is 12.8 Å². The summed E-state index contributed by atoms with van der Waals surface area (Å²) in [4.78, 5) is 14.8. The summed E-state index contributed by atoms with van der Waals surface area (Å²) in [7, 11) is 0. The van der Waals surface area contributed by atoms with Gasteiger partial charge in [0, 0.05) is 0 Å². The average molecular weight is 602 g/mol. The van der Waals surface area contributed by atoms with Gasteiger partial charge in [0.05, 0.1) is 0 Å². The summed E-state index contributed by atoms with van der Waals surface area (Å²) < 4.78 is 11.7. The molecule has 0 radical (unpaired) electrons. The molecule has 0 spiro atoms. The molecule has 1 rings (SSSR count). The molecule has 1 aromatic heterocycles. The fourth-order valence-corrected chi connectivity index (χ4v) is 20.8. The van der Waals surface area contributed by atoms with Crippen LogP contribution in [-0.4, -0.2) is 55.4 Å². The third-order valence-electron chi connectivity index (χ3n) is 7.86. The van der Waals surface area contributed by atoms with Gasteiger partial charge in [0.15, 0.2) is 0 Å². The first-order valence-electron chi connectivity index (χ1n) is 12.4. The first kappa shape index (κ1) is 28.1. The molecule has 3 N–H and O–H groups in total. The molecular formula is C21H48Ge3N6. The van der Waals surface area contributed by atoms with Gasteiger partial charge < -0.3 is 0 Å². The normalized spacial score (nSPS) is 12.7. The van der Waals surface area contributed by atoms with Crippen LogP contribution in [-0.2, 0) is 0 Å². The average Bonchev–Trinajstić information content (AvgIpc) is 2.79. The molecule has 0 saturated heterocycles. The van der Waals surface area contributed by atoms with Gasteiger partial charge in [0.1, 0.15) is 0 Å². The Balaban J connectivity index is 3.43. The zero-order valence-electron chi connectivity index (χ0n) is 21.2. The molecular weight excluding hydrogens is 554 g/mol. The third-order valence-corrected chi connectivity index (χ3v) is 38.2. The van der Waals surface area contributed by atoms with Crippen molar-refractivity contribution in [1.82, 2.24) is 15.0 Å². The second kappa shape index (κ2) is 12.9. The molecule has 174 valence electrons. The fourth-order valence-electron chi connectivity index (χ4n) is 4.30. The number of rotatable bonds is 15. The van der Waals surface area contributed by atoms with Crippen molar-refractivity contribution in [2.24, 2.45) is 0 Å². The molecule has 0 aliphatic rings. The first-order chi connectivity index (χ1) is 14.3. The van der Waals surface area contributed by atoms with Gasteiger partial charge in [-0.15, -0.1) is 0 Å². The van der Waals surface area contributed by atoms with E-state index in [4.69, 9.17) is 15.0 Å². The van der Waals surface area contributed by atoms with E-state index < -0.39 is 40.5 Å². The van der Waals surface area contributed by atoms with E-state index in [1.165, 1.54) is 47.3 Å². The van der Waals surface area contributed by atoms with E-state index in [9.17, 15) is 0 Å². The van der Waals surface area contributed by atoms with Gasteiger partial charge >= 0.3 is 196 Å². The maximum absolute atomic E-state index is 4.93. The molecule has 0 fully saturated rings. The Morgan fingerprint density at radius 1 is 0.400 bits per heavy atom. The van der Waals surface area contributed by atoms with E-state index in [1.54, 1.807) is 0 Å². The number of nitrogens with one attached hydrogen (secondary N) is 3. The molecule has 30 heavy (non-hydrogen) atoms. The Morgan fingerprint density at radius 3 is 0.700 bits per heavy atom. The van der Waals surface area contributed by atoms with Crippen LogP contribution < -0.4 is 12.8 Å². The van der Waals surface area contributed by atoms with Crippen LogP contribution in [0.3, 0.4) is 0 Å². The van der Waals surface area contributed by atoms with Gasteiger partial charge in [-0.1, -0.05) is 0 Å². The van der Waals surface area contributed by atoms with Crippen molar-refractivity contribution >= 4 is 58.3 Å². The molecule has 0 amide bonds. The van der Waals surface area contributed by atoms with Gasteiger partial charge in [0.25, 0.3) is 0 Å². The summed E-state index contributed by atoms with van der Waals surface area (Å²) in [5.41, 5.74) is 0. The number of anilines is 3. The predicted octanol–water partition coefficient (Wildman–Crippen LogP) is 7.12. The van der Waals surface area contributed by atoms with Gasteiger partial charge in [-0.3, -0.25) is 0 Å². The molecule has 0 aliphatic heterocycles. The number of hydrogen-bond acceptors (Lipinski definition) is 6. The number of nitrogens with zero attached hydrogens (tertiary/aromatic N) is 3. The van der Waals surface area contributed by atoms with Crippen LogP contribution >= 0.6 is 0 Å². The topological polar surface area (TPSA) is 74.8 Å². The van der Waals surface area contributed by atoms with Crippen molar-refractivity contribution in [3.63, 3.8) is 0 Å². The minimum absolute atomic E-state index is 0.805. The van der Waals surface area contributed by atoms with Crippen LogP contribution in [0.1, 0.15) is 62.3 Å². The van der Waals surface area contributed by atoms with Crippen LogP contribution in [0.25, 0.3) is 0 Å². The SMILES string of the molecule is C[CH2][Ge]([CH2]C)([CH2]C)[NH]c1nc([NH][Ge]([CH2]C)([CH2]C)[CH2]C)nc([NH][Ge]([CH2]C)([CH2]C)[CH2]C)n1. The molecule has 9 heteroatoms. The van der Waals surface area contributed by atoms with Crippen molar-refractivity contribution in [3.05, 3.63) is 0 Å². The summed E-state index contributed by atoms with van der Waals surface area (Å²) in [6, 6.07) is 0. The molecule has 0 atom stereocenters. The van der Waals surface area contributed by atoms with Crippen molar-refractivity contribution in [2.45, 2.75) is 110 Å². The zero-order valence-corrected chi connectivity index (χ0v) is 27.5. The molecule has 0 unspecified atom stereocenters. The minimum atomic E-state index is -2.17. The van der Waals surface area contributed by atoms with Crippen LogP contribution in [0.4, 0.5) is 17.8 Å². The van der Waals surface area contributed by atoms with Gasteiger partial charge in [-0.2, -0.15) is 0 Å². The van der Waals surface area contributed by atoms with Crippen LogP contribution in [0.15, 0.2) is 0 Å². The molecule has 1 heterocycles.